The minimum absolute atomic E-state index is 0.129. The summed E-state index contributed by atoms with van der Waals surface area (Å²) in [7, 11) is 1.35. The number of thioether (sulfide) groups is 1. The Kier molecular flexibility index (Phi) is 5.95. The van der Waals surface area contributed by atoms with Crippen molar-refractivity contribution in [3.05, 3.63) is 52.2 Å². The molecule has 0 bridgehead atoms. The molecule has 1 aliphatic rings. The van der Waals surface area contributed by atoms with E-state index >= 15 is 0 Å². The average Bonchev–Trinajstić information content (AvgIpc) is 3.22. The Morgan fingerprint density at radius 1 is 1.19 bits per heavy atom. The Hall–Kier alpha value is -2.32. The first-order valence-electron chi connectivity index (χ1n) is 8.02. The summed E-state index contributed by atoms with van der Waals surface area (Å²) in [4.78, 5) is 38.7. The Labute approximate surface area is 159 Å². The van der Waals surface area contributed by atoms with Crippen LogP contribution in [0.25, 0.3) is 0 Å². The summed E-state index contributed by atoms with van der Waals surface area (Å²) < 4.78 is 4.77. The van der Waals surface area contributed by atoms with Crippen molar-refractivity contribution in [2.75, 3.05) is 31.3 Å². The lowest BCUT2D eigenvalue weighted by atomic mass is 10.1. The Balaban J connectivity index is 1.63. The van der Waals surface area contributed by atoms with Crippen molar-refractivity contribution in [1.29, 1.82) is 0 Å². The van der Waals surface area contributed by atoms with E-state index in [9.17, 15) is 14.4 Å². The number of carbonyl (C=O) groups is 3. The molecule has 2 amide bonds. The molecule has 136 valence electrons. The van der Waals surface area contributed by atoms with E-state index in [0.29, 0.717) is 35.0 Å². The standard InChI is InChI=1S/C18H18N2O4S2/c1-24-18(23)15-11-20(8-10-26-15)17(22)12-4-6-13(7-5-12)19-16(21)14-3-2-9-25-14/h2-7,9,15H,8,10-11H2,1H3,(H,19,21)/t15-/m1/s1. The smallest absolute Gasteiger partial charge is 0.320 e. The van der Waals surface area contributed by atoms with E-state index in [-0.39, 0.29) is 23.0 Å². The fraction of sp³-hybridized carbons (Fsp3) is 0.278. The zero-order valence-electron chi connectivity index (χ0n) is 14.1. The largest absolute Gasteiger partial charge is 0.468 e. The number of nitrogens with zero attached hydrogens (tertiary/aromatic N) is 1. The van der Waals surface area contributed by atoms with Gasteiger partial charge in [-0.3, -0.25) is 14.4 Å². The molecule has 1 aliphatic heterocycles. The number of amides is 2. The highest BCUT2D eigenvalue weighted by Gasteiger charge is 2.30. The molecule has 8 heteroatoms. The molecule has 0 unspecified atom stereocenters. The van der Waals surface area contributed by atoms with Crippen LogP contribution in [0.1, 0.15) is 20.0 Å². The molecule has 2 aromatic rings. The summed E-state index contributed by atoms with van der Waals surface area (Å²) in [6, 6.07) is 10.3. The van der Waals surface area contributed by atoms with Gasteiger partial charge in [0.1, 0.15) is 5.25 Å². The van der Waals surface area contributed by atoms with Crippen LogP contribution in [0.2, 0.25) is 0 Å². The molecule has 0 saturated carbocycles. The maximum absolute atomic E-state index is 12.7. The van der Waals surface area contributed by atoms with Crippen molar-refractivity contribution in [2.24, 2.45) is 0 Å². The van der Waals surface area contributed by atoms with E-state index in [1.807, 2.05) is 11.4 Å². The van der Waals surface area contributed by atoms with Crippen molar-refractivity contribution >= 4 is 46.6 Å². The third-order valence-electron chi connectivity index (χ3n) is 3.95. The number of thiophene rings is 1. The SMILES string of the molecule is COC(=O)[C@H]1CN(C(=O)c2ccc(NC(=O)c3cccs3)cc2)CCS1. The summed E-state index contributed by atoms with van der Waals surface area (Å²) in [6.45, 7) is 0.931. The summed E-state index contributed by atoms with van der Waals surface area (Å²) in [5.74, 6) is 0.0861. The minimum Gasteiger partial charge on any atom is -0.468 e. The van der Waals surface area contributed by atoms with Gasteiger partial charge in [0, 0.05) is 30.1 Å². The molecule has 1 aromatic heterocycles. The predicted molar refractivity (Wildman–Crippen MR) is 103 cm³/mol. The third kappa shape index (κ3) is 4.25. The van der Waals surface area contributed by atoms with Crippen LogP contribution in [0.3, 0.4) is 0 Å². The van der Waals surface area contributed by atoms with Gasteiger partial charge in [0.05, 0.1) is 12.0 Å². The minimum atomic E-state index is -0.345. The van der Waals surface area contributed by atoms with Gasteiger partial charge in [0.15, 0.2) is 0 Å². The molecule has 1 N–H and O–H groups in total. The number of anilines is 1. The Bertz CT molecular complexity index is 790. The molecule has 0 spiro atoms. The van der Waals surface area contributed by atoms with Gasteiger partial charge in [-0.05, 0) is 35.7 Å². The molecular weight excluding hydrogens is 372 g/mol. The van der Waals surface area contributed by atoms with Gasteiger partial charge in [-0.1, -0.05) is 6.07 Å². The van der Waals surface area contributed by atoms with Gasteiger partial charge in [-0.15, -0.1) is 23.1 Å². The second-order valence-electron chi connectivity index (χ2n) is 5.64. The van der Waals surface area contributed by atoms with Crippen LogP contribution in [0.4, 0.5) is 5.69 Å². The second kappa shape index (κ2) is 8.37. The molecule has 1 aromatic carbocycles. The van der Waals surface area contributed by atoms with Crippen LogP contribution in [0, 0.1) is 0 Å². The lowest BCUT2D eigenvalue weighted by Crippen LogP contribution is -2.44. The zero-order valence-corrected chi connectivity index (χ0v) is 15.8. The number of carbonyl (C=O) groups excluding carboxylic acids is 3. The number of methoxy groups -OCH3 is 1. The van der Waals surface area contributed by atoms with Crippen LogP contribution < -0.4 is 5.32 Å². The van der Waals surface area contributed by atoms with E-state index < -0.39 is 0 Å². The third-order valence-corrected chi connectivity index (χ3v) is 5.98. The number of hydrogen-bond donors (Lipinski definition) is 1. The van der Waals surface area contributed by atoms with E-state index in [1.165, 1.54) is 30.2 Å². The van der Waals surface area contributed by atoms with Crippen molar-refractivity contribution in [3.63, 3.8) is 0 Å². The van der Waals surface area contributed by atoms with E-state index in [0.717, 1.165) is 0 Å². The number of rotatable bonds is 4. The number of ether oxygens (including phenoxy) is 1. The molecule has 0 radical (unpaired) electrons. The van der Waals surface area contributed by atoms with Crippen molar-refractivity contribution in [1.82, 2.24) is 4.90 Å². The van der Waals surface area contributed by atoms with Gasteiger partial charge >= 0.3 is 5.97 Å². The van der Waals surface area contributed by atoms with E-state index in [4.69, 9.17) is 4.74 Å². The molecule has 1 saturated heterocycles. The number of nitrogens with one attached hydrogen (secondary N) is 1. The van der Waals surface area contributed by atoms with Gasteiger partial charge < -0.3 is 15.0 Å². The fourth-order valence-electron chi connectivity index (χ4n) is 2.59. The van der Waals surface area contributed by atoms with Crippen LogP contribution in [0.15, 0.2) is 41.8 Å². The Morgan fingerprint density at radius 2 is 1.96 bits per heavy atom. The number of benzene rings is 1. The number of hydrogen-bond acceptors (Lipinski definition) is 6. The van der Waals surface area contributed by atoms with Crippen LogP contribution in [-0.2, 0) is 9.53 Å². The molecule has 0 aliphatic carbocycles. The summed E-state index contributed by atoms with van der Waals surface area (Å²) in [5.41, 5.74) is 1.15. The topological polar surface area (TPSA) is 75.7 Å². The molecule has 2 heterocycles. The lowest BCUT2D eigenvalue weighted by molar-refractivity contribution is -0.140. The van der Waals surface area contributed by atoms with Crippen molar-refractivity contribution < 1.29 is 19.1 Å². The van der Waals surface area contributed by atoms with Gasteiger partial charge in [0.25, 0.3) is 11.8 Å². The average molecular weight is 390 g/mol. The molecule has 3 rings (SSSR count). The van der Waals surface area contributed by atoms with Gasteiger partial charge in [-0.25, -0.2) is 0 Å². The molecule has 6 nitrogen and oxygen atoms in total. The van der Waals surface area contributed by atoms with Crippen LogP contribution in [-0.4, -0.2) is 53.9 Å². The van der Waals surface area contributed by atoms with E-state index in [1.54, 1.807) is 35.2 Å². The maximum atomic E-state index is 12.7. The molecule has 26 heavy (non-hydrogen) atoms. The maximum Gasteiger partial charge on any atom is 0.320 e. The predicted octanol–water partition coefficient (Wildman–Crippen LogP) is 2.73. The highest BCUT2D eigenvalue weighted by Crippen LogP contribution is 2.22. The van der Waals surface area contributed by atoms with Crippen LogP contribution >= 0.6 is 23.1 Å². The highest BCUT2D eigenvalue weighted by atomic mass is 32.2. The Morgan fingerprint density at radius 3 is 2.62 bits per heavy atom. The summed E-state index contributed by atoms with van der Waals surface area (Å²) in [6.07, 6.45) is 0. The first-order valence-corrected chi connectivity index (χ1v) is 9.95. The first kappa shape index (κ1) is 18.5. The lowest BCUT2D eigenvalue weighted by Gasteiger charge is -2.31. The number of esters is 1. The molecule has 1 fully saturated rings. The van der Waals surface area contributed by atoms with Crippen LogP contribution in [0.5, 0.6) is 0 Å². The van der Waals surface area contributed by atoms with Gasteiger partial charge in [0.2, 0.25) is 0 Å². The molecule has 1 atom stereocenters. The highest BCUT2D eigenvalue weighted by molar-refractivity contribution is 8.00. The normalized spacial score (nSPS) is 16.8. The quantitative estimate of drug-likeness (QED) is 0.813. The second-order valence-corrected chi connectivity index (χ2v) is 7.90. The van der Waals surface area contributed by atoms with Gasteiger partial charge in [-0.2, -0.15) is 0 Å². The summed E-state index contributed by atoms with van der Waals surface area (Å²) >= 11 is 2.87. The zero-order chi connectivity index (χ0) is 18.5. The van der Waals surface area contributed by atoms with Crippen molar-refractivity contribution in [2.45, 2.75) is 5.25 Å². The van der Waals surface area contributed by atoms with Crippen molar-refractivity contribution in [3.8, 4) is 0 Å². The molecular formula is C18H18N2O4S2. The van der Waals surface area contributed by atoms with E-state index in [2.05, 4.69) is 5.32 Å². The first-order chi connectivity index (χ1) is 12.6. The summed E-state index contributed by atoms with van der Waals surface area (Å²) in [5, 5.41) is 4.30. The fourth-order valence-corrected chi connectivity index (χ4v) is 4.33. The monoisotopic (exact) mass is 390 g/mol.